The molecule has 1 aromatic heterocycles. The molecule has 1 heterocycles. The van der Waals surface area contributed by atoms with E-state index in [1.54, 1.807) is 76.7 Å². The Morgan fingerprint density at radius 2 is 1.59 bits per heavy atom. The minimum absolute atomic E-state index is 0.203. The SMILES string of the molecule is CC(C)(C)OC(=O)Nc1ccc(-c2cn(CCCC(NC(=O)OC(C)(C)C)C(=O)O)nn2)cc1. The van der Waals surface area contributed by atoms with Crippen LogP contribution < -0.4 is 10.6 Å². The zero-order chi connectivity index (χ0) is 25.5. The molecule has 0 fully saturated rings. The Hall–Kier alpha value is -3.63. The summed E-state index contributed by atoms with van der Waals surface area (Å²) in [6.07, 6.45) is 1.09. The zero-order valence-electron chi connectivity index (χ0n) is 20.4. The maximum Gasteiger partial charge on any atom is 0.412 e. The smallest absolute Gasteiger partial charge is 0.412 e. The van der Waals surface area contributed by atoms with E-state index >= 15 is 0 Å². The number of nitrogens with zero attached hydrogens (tertiary/aromatic N) is 3. The fourth-order valence-electron chi connectivity index (χ4n) is 2.85. The van der Waals surface area contributed by atoms with Crippen LogP contribution in [0.4, 0.5) is 15.3 Å². The lowest BCUT2D eigenvalue weighted by Crippen LogP contribution is -2.43. The fourth-order valence-corrected chi connectivity index (χ4v) is 2.85. The average Bonchev–Trinajstić information content (AvgIpc) is 3.13. The molecule has 2 rings (SSSR count). The van der Waals surface area contributed by atoms with E-state index in [0.717, 1.165) is 5.56 Å². The molecule has 0 saturated heterocycles. The standard InChI is InChI=1S/C23H33N5O6/c1-22(2,3)33-20(31)24-16-11-9-15(10-12-16)18-14-28(27-26-18)13-7-8-17(19(29)30)25-21(32)34-23(4,5)6/h9-12,14,17H,7-8,13H2,1-6H3,(H,24,31)(H,25,32)(H,29,30). The molecule has 34 heavy (non-hydrogen) atoms. The number of alkyl carbamates (subject to hydrolysis) is 1. The molecule has 0 aliphatic carbocycles. The van der Waals surface area contributed by atoms with Gasteiger partial charge in [0.2, 0.25) is 0 Å². The monoisotopic (exact) mass is 475 g/mol. The zero-order valence-corrected chi connectivity index (χ0v) is 20.4. The molecule has 2 aromatic rings. The Bertz CT molecular complexity index is 989. The van der Waals surface area contributed by atoms with Gasteiger partial charge in [-0.25, -0.2) is 14.4 Å². The minimum atomic E-state index is -1.13. The molecular formula is C23H33N5O6. The first-order valence-corrected chi connectivity index (χ1v) is 10.9. The highest BCUT2D eigenvalue weighted by atomic mass is 16.6. The van der Waals surface area contributed by atoms with Gasteiger partial charge in [-0.3, -0.25) is 10.00 Å². The summed E-state index contributed by atoms with van der Waals surface area (Å²) in [6.45, 7) is 10.9. The third-order valence-electron chi connectivity index (χ3n) is 4.23. The number of hydrogen-bond donors (Lipinski definition) is 3. The van der Waals surface area contributed by atoms with Crippen molar-refractivity contribution >= 4 is 23.8 Å². The van der Waals surface area contributed by atoms with Crippen molar-refractivity contribution in [1.82, 2.24) is 20.3 Å². The number of rotatable bonds is 8. The molecule has 3 N–H and O–H groups in total. The Morgan fingerprint density at radius 3 is 2.15 bits per heavy atom. The average molecular weight is 476 g/mol. The van der Waals surface area contributed by atoms with Gasteiger partial charge in [0.25, 0.3) is 0 Å². The highest BCUT2D eigenvalue weighted by Gasteiger charge is 2.23. The molecule has 186 valence electrons. The van der Waals surface area contributed by atoms with Gasteiger partial charge in [-0.05, 0) is 66.5 Å². The summed E-state index contributed by atoms with van der Waals surface area (Å²) in [6, 6.07) is 6.00. The molecule has 11 heteroatoms. The van der Waals surface area contributed by atoms with Crippen molar-refractivity contribution < 1.29 is 29.0 Å². The van der Waals surface area contributed by atoms with Crippen LogP contribution >= 0.6 is 0 Å². The summed E-state index contributed by atoms with van der Waals surface area (Å²) in [5, 5.41) is 22.6. The summed E-state index contributed by atoms with van der Waals surface area (Å²) in [4.78, 5) is 35.2. The van der Waals surface area contributed by atoms with Gasteiger partial charge >= 0.3 is 18.2 Å². The predicted octanol–water partition coefficient (Wildman–Crippen LogP) is 4.05. The molecule has 1 unspecified atom stereocenters. The van der Waals surface area contributed by atoms with E-state index in [2.05, 4.69) is 20.9 Å². The highest BCUT2D eigenvalue weighted by molar-refractivity contribution is 5.85. The quantitative estimate of drug-likeness (QED) is 0.518. The van der Waals surface area contributed by atoms with Crippen molar-refractivity contribution in [2.24, 2.45) is 0 Å². The molecular weight excluding hydrogens is 442 g/mol. The number of nitrogens with one attached hydrogen (secondary N) is 2. The Kier molecular flexibility index (Phi) is 8.61. The van der Waals surface area contributed by atoms with Crippen LogP contribution in [-0.4, -0.2) is 55.5 Å². The van der Waals surface area contributed by atoms with Crippen LogP contribution in [0, 0.1) is 0 Å². The Morgan fingerprint density at radius 1 is 1.00 bits per heavy atom. The third-order valence-corrected chi connectivity index (χ3v) is 4.23. The van der Waals surface area contributed by atoms with Gasteiger partial charge in [0.15, 0.2) is 0 Å². The summed E-state index contributed by atoms with van der Waals surface area (Å²) in [5.41, 5.74) is 0.719. The second kappa shape index (κ2) is 11.0. The summed E-state index contributed by atoms with van der Waals surface area (Å²) >= 11 is 0. The summed E-state index contributed by atoms with van der Waals surface area (Å²) in [5.74, 6) is -1.13. The second-order valence-electron chi connectivity index (χ2n) is 9.75. The van der Waals surface area contributed by atoms with Gasteiger partial charge in [0, 0.05) is 17.8 Å². The van der Waals surface area contributed by atoms with Crippen molar-refractivity contribution in [2.75, 3.05) is 5.32 Å². The number of amides is 2. The van der Waals surface area contributed by atoms with Crippen LogP contribution in [0.3, 0.4) is 0 Å². The van der Waals surface area contributed by atoms with Crippen LogP contribution in [0.2, 0.25) is 0 Å². The number of carbonyl (C=O) groups is 3. The molecule has 0 bridgehead atoms. The first-order valence-electron chi connectivity index (χ1n) is 10.9. The molecule has 1 aromatic carbocycles. The number of aryl methyl sites for hydroxylation is 1. The van der Waals surface area contributed by atoms with Crippen LogP contribution in [-0.2, 0) is 20.8 Å². The van der Waals surface area contributed by atoms with E-state index in [-0.39, 0.29) is 6.42 Å². The van der Waals surface area contributed by atoms with E-state index in [1.807, 2.05) is 0 Å². The maximum absolute atomic E-state index is 11.9. The van der Waals surface area contributed by atoms with Crippen molar-refractivity contribution in [3.63, 3.8) is 0 Å². The van der Waals surface area contributed by atoms with E-state index in [4.69, 9.17) is 9.47 Å². The van der Waals surface area contributed by atoms with Gasteiger partial charge < -0.3 is 19.9 Å². The normalized spacial score (nSPS) is 12.5. The lowest BCUT2D eigenvalue weighted by Gasteiger charge is -2.22. The number of aliphatic carboxylic acids is 1. The summed E-state index contributed by atoms with van der Waals surface area (Å²) in [7, 11) is 0. The lowest BCUT2D eigenvalue weighted by atomic mass is 10.1. The number of anilines is 1. The Balaban J connectivity index is 1.88. The number of ether oxygens (including phenoxy) is 2. The van der Waals surface area contributed by atoms with Crippen molar-refractivity contribution in [3.8, 4) is 11.3 Å². The van der Waals surface area contributed by atoms with Crippen LogP contribution in [0.25, 0.3) is 11.3 Å². The molecule has 0 radical (unpaired) electrons. The van der Waals surface area contributed by atoms with Crippen LogP contribution in [0.1, 0.15) is 54.4 Å². The molecule has 0 aliphatic rings. The van der Waals surface area contributed by atoms with Crippen LogP contribution in [0.5, 0.6) is 0 Å². The molecule has 11 nitrogen and oxygen atoms in total. The predicted molar refractivity (Wildman–Crippen MR) is 125 cm³/mol. The molecule has 0 aliphatic heterocycles. The summed E-state index contributed by atoms with van der Waals surface area (Å²) < 4.78 is 11.9. The molecule has 0 saturated carbocycles. The van der Waals surface area contributed by atoms with Crippen LogP contribution in [0.15, 0.2) is 30.5 Å². The third kappa shape index (κ3) is 9.47. The van der Waals surface area contributed by atoms with Gasteiger partial charge in [-0.1, -0.05) is 17.3 Å². The largest absolute Gasteiger partial charge is 0.480 e. The fraction of sp³-hybridized carbons (Fsp3) is 0.522. The van der Waals surface area contributed by atoms with Gasteiger partial charge in [-0.15, -0.1) is 5.10 Å². The van der Waals surface area contributed by atoms with E-state index in [1.165, 1.54) is 0 Å². The number of carbonyl (C=O) groups excluding carboxylic acids is 2. The van der Waals surface area contributed by atoms with Gasteiger partial charge in [0.05, 0.1) is 6.20 Å². The topological polar surface area (TPSA) is 145 Å². The van der Waals surface area contributed by atoms with Gasteiger partial charge in [-0.2, -0.15) is 0 Å². The van der Waals surface area contributed by atoms with Crippen molar-refractivity contribution in [3.05, 3.63) is 30.5 Å². The van der Waals surface area contributed by atoms with E-state index in [0.29, 0.717) is 24.3 Å². The molecule has 2 amide bonds. The minimum Gasteiger partial charge on any atom is -0.480 e. The number of carboxylic acids is 1. The first kappa shape index (κ1) is 26.6. The number of aromatic nitrogens is 3. The number of carboxylic acid groups (broad SMARTS) is 1. The maximum atomic E-state index is 11.9. The van der Waals surface area contributed by atoms with E-state index < -0.39 is 35.4 Å². The Labute approximate surface area is 198 Å². The lowest BCUT2D eigenvalue weighted by molar-refractivity contribution is -0.139. The molecule has 1 atom stereocenters. The van der Waals surface area contributed by atoms with Gasteiger partial charge in [0.1, 0.15) is 22.9 Å². The number of hydrogen-bond acceptors (Lipinski definition) is 7. The van der Waals surface area contributed by atoms with Crippen molar-refractivity contribution in [2.45, 2.75) is 78.2 Å². The highest BCUT2D eigenvalue weighted by Crippen LogP contribution is 2.20. The van der Waals surface area contributed by atoms with E-state index in [9.17, 15) is 19.5 Å². The first-order chi connectivity index (χ1) is 15.7. The van der Waals surface area contributed by atoms with Crippen molar-refractivity contribution in [1.29, 1.82) is 0 Å². The number of benzene rings is 1. The second-order valence-corrected chi connectivity index (χ2v) is 9.75. The molecule has 0 spiro atoms.